The number of non-ortho nitro benzene ring substituents is 1. The Kier molecular flexibility index (Phi) is 5.63. The Morgan fingerprint density at radius 2 is 2.06 bits per heavy atom. The van der Waals surface area contributed by atoms with Crippen molar-refractivity contribution in [2.24, 2.45) is 0 Å². The van der Waals surface area contributed by atoms with Crippen LogP contribution >= 0.6 is 0 Å². The number of amides is 2. The van der Waals surface area contributed by atoms with Gasteiger partial charge in [0.1, 0.15) is 6.04 Å². The topological polar surface area (TPSA) is 120 Å². The van der Waals surface area contributed by atoms with E-state index in [1.807, 2.05) is 24.3 Å². The van der Waals surface area contributed by atoms with Crippen molar-refractivity contribution in [3.8, 4) is 0 Å². The van der Waals surface area contributed by atoms with E-state index in [-0.39, 0.29) is 18.0 Å². The summed E-state index contributed by atoms with van der Waals surface area (Å²) in [5, 5.41) is 13.6. The Morgan fingerprint density at radius 3 is 2.84 bits per heavy atom. The number of nitrogens with zero attached hydrogens (tertiary/aromatic N) is 4. The first-order chi connectivity index (χ1) is 15.0. The molecule has 0 spiro atoms. The number of carbonyl (C=O) groups is 2. The van der Waals surface area contributed by atoms with Gasteiger partial charge in [-0.05, 0) is 24.6 Å². The quantitative estimate of drug-likeness (QED) is 0.338. The molecule has 0 saturated heterocycles. The third kappa shape index (κ3) is 3.97. The zero-order chi connectivity index (χ0) is 22.0. The molecule has 1 aliphatic rings. The number of benzene rings is 2. The number of imidazole rings is 1. The van der Waals surface area contributed by atoms with Crippen LogP contribution < -0.4 is 10.2 Å². The minimum atomic E-state index is -0.747. The smallest absolute Gasteiger partial charge is 0.271 e. The van der Waals surface area contributed by atoms with Gasteiger partial charge in [0.15, 0.2) is 0 Å². The van der Waals surface area contributed by atoms with Crippen molar-refractivity contribution < 1.29 is 19.2 Å². The molecule has 0 unspecified atom stereocenters. The molecule has 160 valence electrons. The SMILES string of the molecule is COCCCN1C(=O)[C@@H](CC(=O)Nc2cccc([N+](=O)[O-])c2)n2c1nc1ccccc12. The second-order valence-electron chi connectivity index (χ2n) is 7.18. The zero-order valence-corrected chi connectivity index (χ0v) is 16.9. The average molecular weight is 423 g/mol. The molecule has 1 N–H and O–H groups in total. The van der Waals surface area contributed by atoms with Crippen LogP contribution in [-0.2, 0) is 14.3 Å². The summed E-state index contributed by atoms with van der Waals surface area (Å²) >= 11 is 0. The second kappa shape index (κ2) is 8.52. The predicted octanol–water partition coefficient (Wildman–Crippen LogP) is 2.90. The summed E-state index contributed by atoms with van der Waals surface area (Å²) in [7, 11) is 1.60. The first-order valence-corrected chi connectivity index (χ1v) is 9.81. The number of nitrogens with one attached hydrogen (secondary N) is 1. The molecule has 31 heavy (non-hydrogen) atoms. The van der Waals surface area contributed by atoms with Gasteiger partial charge in [0, 0.05) is 38.1 Å². The van der Waals surface area contributed by atoms with Crippen molar-refractivity contribution in [1.29, 1.82) is 0 Å². The summed E-state index contributed by atoms with van der Waals surface area (Å²) in [5.41, 5.74) is 1.69. The molecule has 0 saturated carbocycles. The number of para-hydroxylation sites is 2. The van der Waals surface area contributed by atoms with Crippen molar-refractivity contribution >= 4 is 40.2 Å². The van der Waals surface area contributed by atoms with Crippen molar-refractivity contribution in [1.82, 2.24) is 9.55 Å². The molecule has 0 fully saturated rings. The number of hydrogen-bond acceptors (Lipinski definition) is 6. The van der Waals surface area contributed by atoms with E-state index in [9.17, 15) is 19.7 Å². The molecule has 1 aliphatic heterocycles. The lowest BCUT2D eigenvalue weighted by Crippen LogP contribution is -2.32. The molecule has 2 heterocycles. The van der Waals surface area contributed by atoms with E-state index >= 15 is 0 Å². The standard InChI is InChI=1S/C21H21N5O5/c1-31-11-5-10-24-20(28)18(25-17-9-3-2-8-16(17)23-21(24)25)13-19(27)22-14-6-4-7-15(12-14)26(29)30/h2-4,6-9,12,18H,5,10-11,13H2,1H3,(H,22,27)/t18-/m1/s1. The van der Waals surface area contributed by atoms with Crippen LogP contribution in [0.4, 0.5) is 17.3 Å². The lowest BCUT2D eigenvalue weighted by atomic mass is 10.1. The number of rotatable bonds is 8. The van der Waals surface area contributed by atoms with Crippen LogP contribution in [0.3, 0.4) is 0 Å². The van der Waals surface area contributed by atoms with Gasteiger partial charge in [-0.15, -0.1) is 0 Å². The Labute approximate surface area is 177 Å². The number of nitro groups is 1. The minimum Gasteiger partial charge on any atom is -0.385 e. The fraction of sp³-hybridized carbons (Fsp3) is 0.286. The number of carbonyl (C=O) groups excluding carboxylic acids is 2. The summed E-state index contributed by atoms with van der Waals surface area (Å²) in [6, 6.07) is 12.4. The number of fused-ring (bicyclic) bond motifs is 3. The summed E-state index contributed by atoms with van der Waals surface area (Å²) in [6.07, 6.45) is 0.522. The highest BCUT2D eigenvalue weighted by molar-refractivity contribution is 6.05. The fourth-order valence-electron chi connectivity index (χ4n) is 3.76. The molecule has 0 radical (unpaired) electrons. The highest BCUT2D eigenvalue weighted by Gasteiger charge is 2.40. The van der Waals surface area contributed by atoms with Crippen LogP contribution in [-0.4, -0.2) is 46.6 Å². The molecular formula is C21H21N5O5. The van der Waals surface area contributed by atoms with Crippen LogP contribution in [0.1, 0.15) is 18.9 Å². The summed E-state index contributed by atoms with van der Waals surface area (Å²) < 4.78 is 6.88. The van der Waals surface area contributed by atoms with E-state index < -0.39 is 16.9 Å². The monoisotopic (exact) mass is 423 g/mol. The van der Waals surface area contributed by atoms with E-state index in [1.165, 1.54) is 18.2 Å². The average Bonchev–Trinajstić information content (AvgIpc) is 3.24. The summed E-state index contributed by atoms with van der Waals surface area (Å²) in [5.74, 6) is -0.115. The maximum absolute atomic E-state index is 13.1. The van der Waals surface area contributed by atoms with Gasteiger partial charge in [-0.25, -0.2) is 4.98 Å². The summed E-state index contributed by atoms with van der Waals surface area (Å²) in [6.45, 7) is 0.931. The molecule has 10 heteroatoms. The molecule has 1 aromatic heterocycles. The van der Waals surface area contributed by atoms with Gasteiger partial charge in [-0.1, -0.05) is 18.2 Å². The largest absolute Gasteiger partial charge is 0.385 e. The maximum atomic E-state index is 13.1. The van der Waals surface area contributed by atoms with Crippen molar-refractivity contribution in [2.75, 3.05) is 30.5 Å². The lowest BCUT2D eigenvalue weighted by molar-refractivity contribution is -0.384. The number of nitro benzene ring substituents is 1. The minimum absolute atomic E-state index is 0.115. The highest BCUT2D eigenvalue weighted by atomic mass is 16.6. The van der Waals surface area contributed by atoms with Gasteiger partial charge < -0.3 is 10.1 Å². The molecule has 2 aromatic carbocycles. The van der Waals surface area contributed by atoms with Gasteiger partial charge in [0.05, 0.1) is 22.4 Å². The van der Waals surface area contributed by atoms with Gasteiger partial charge in [0.2, 0.25) is 11.9 Å². The Hall–Kier alpha value is -3.79. The molecule has 0 aliphatic carbocycles. The van der Waals surface area contributed by atoms with Gasteiger partial charge >= 0.3 is 0 Å². The van der Waals surface area contributed by atoms with Gasteiger partial charge in [0.25, 0.3) is 11.6 Å². The number of hydrogen-bond donors (Lipinski definition) is 1. The molecule has 3 aromatic rings. The molecule has 4 rings (SSSR count). The second-order valence-corrected chi connectivity index (χ2v) is 7.18. The molecule has 2 amide bonds. The third-order valence-corrected chi connectivity index (χ3v) is 5.13. The van der Waals surface area contributed by atoms with Crippen molar-refractivity contribution in [3.05, 3.63) is 58.6 Å². The van der Waals surface area contributed by atoms with Crippen LogP contribution in [0.15, 0.2) is 48.5 Å². The normalized spacial score (nSPS) is 15.3. The predicted molar refractivity (Wildman–Crippen MR) is 114 cm³/mol. The van der Waals surface area contributed by atoms with Crippen LogP contribution in [0.2, 0.25) is 0 Å². The Balaban J connectivity index is 1.59. The van der Waals surface area contributed by atoms with Crippen LogP contribution in [0.25, 0.3) is 11.0 Å². The van der Waals surface area contributed by atoms with Crippen molar-refractivity contribution in [2.45, 2.75) is 18.9 Å². The van der Waals surface area contributed by atoms with Crippen LogP contribution in [0.5, 0.6) is 0 Å². The lowest BCUT2D eigenvalue weighted by Gasteiger charge is -2.15. The van der Waals surface area contributed by atoms with E-state index in [4.69, 9.17) is 4.74 Å². The third-order valence-electron chi connectivity index (χ3n) is 5.13. The number of anilines is 2. The zero-order valence-electron chi connectivity index (χ0n) is 16.9. The fourth-order valence-corrected chi connectivity index (χ4v) is 3.76. The van der Waals surface area contributed by atoms with E-state index in [0.717, 1.165) is 11.0 Å². The van der Waals surface area contributed by atoms with Gasteiger partial charge in [-0.3, -0.25) is 29.2 Å². The van der Waals surface area contributed by atoms with E-state index in [2.05, 4.69) is 10.3 Å². The summed E-state index contributed by atoms with van der Waals surface area (Å²) in [4.78, 5) is 42.5. The van der Waals surface area contributed by atoms with Gasteiger partial charge in [-0.2, -0.15) is 0 Å². The number of ether oxygens (including phenoxy) is 1. The Bertz CT molecular complexity index is 1160. The maximum Gasteiger partial charge on any atom is 0.271 e. The Morgan fingerprint density at radius 1 is 1.26 bits per heavy atom. The first-order valence-electron chi connectivity index (χ1n) is 9.81. The molecule has 10 nitrogen and oxygen atoms in total. The molecular weight excluding hydrogens is 402 g/mol. The molecule has 0 bridgehead atoms. The number of methoxy groups -OCH3 is 1. The molecule has 1 atom stereocenters. The van der Waals surface area contributed by atoms with Crippen LogP contribution in [0, 0.1) is 10.1 Å². The highest BCUT2D eigenvalue weighted by Crippen LogP contribution is 2.36. The van der Waals surface area contributed by atoms with Crippen molar-refractivity contribution in [3.63, 3.8) is 0 Å². The van der Waals surface area contributed by atoms with E-state index in [1.54, 1.807) is 22.6 Å². The first kappa shape index (κ1) is 20.5. The van der Waals surface area contributed by atoms with E-state index in [0.29, 0.717) is 31.2 Å². The number of aromatic nitrogens is 2.